The molecule has 0 N–H and O–H groups in total. The Kier molecular flexibility index (Phi) is 8.32. The van der Waals surface area contributed by atoms with Crippen molar-refractivity contribution in [2.75, 3.05) is 13.2 Å². The van der Waals surface area contributed by atoms with Crippen molar-refractivity contribution in [2.45, 2.75) is 51.9 Å². The third-order valence-corrected chi connectivity index (χ3v) is 7.80. The van der Waals surface area contributed by atoms with Crippen molar-refractivity contribution < 1.29 is 9.47 Å². The van der Waals surface area contributed by atoms with E-state index in [0.29, 0.717) is 56.5 Å². The Labute approximate surface area is 220 Å². The van der Waals surface area contributed by atoms with Crippen LogP contribution in [0.5, 0.6) is 11.5 Å². The number of benzene rings is 2. The number of aromatic nitrogens is 2. The van der Waals surface area contributed by atoms with Crippen molar-refractivity contribution in [1.82, 2.24) is 9.66 Å². The van der Waals surface area contributed by atoms with E-state index in [9.17, 15) is 4.79 Å². The van der Waals surface area contributed by atoms with E-state index < -0.39 is 0 Å². The van der Waals surface area contributed by atoms with E-state index in [4.69, 9.17) is 26.1 Å². The van der Waals surface area contributed by atoms with Crippen LogP contribution in [0.25, 0.3) is 10.9 Å². The second-order valence-corrected chi connectivity index (χ2v) is 10.2. The Hall–Kier alpha value is -1.90. The molecule has 4 rings (SSSR count). The summed E-state index contributed by atoms with van der Waals surface area (Å²) >= 11 is 13.6. The Morgan fingerprint density at radius 1 is 1.15 bits per heavy atom. The Morgan fingerprint density at radius 3 is 2.59 bits per heavy atom. The second kappa shape index (κ2) is 11.2. The number of fused-ring (bicyclic) bond motifs is 1. The smallest absolute Gasteiger partial charge is 0.282 e. The molecule has 1 heterocycles. The molecule has 3 aromatic rings. The van der Waals surface area contributed by atoms with Gasteiger partial charge in [-0.05, 0) is 66.9 Å². The lowest BCUT2D eigenvalue weighted by Gasteiger charge is -2.22. The second-order valence-electron chi connectivity index (χ2n) is 8.11. The maximum absolute atomic E-state index is 13.5. The van der Waals surface area contributed by atoms with Crippen LogP contribution in [0.2, 0.25) is 5.02 Å². The van der Waals surface area contributed by atoms with Crippen molar-refractivity contribution in [3.05, 3.63) is 60.0 Å². The van der Waals surface area contributed by atoms with Crippen LogP contribution in [0.4, 0.5) is 0 Å². The third-order valence-electron chi connectivity index (χ3n) is 5.86. The number of rotatable bonds is 7. The van der Waals surface area contributed by atoms with Gasteiger partial charge in [0.1, 0.15) is 10.8 Å². The maximum Gasteiger partial charge on any atom is 0.282 e. The molecule has 180 valence electrons. The summed E-state index contributed by atoms with van der Waals surface area (Å²) in [5, 5.41) is 5.54. The number of halogens is 3. The van der Waals surface area contributed by atoms with E-state index in [1.165, 1.54) is 11.1 Å². The predicted octanol–water partition coefficient (Wildman–Crippen LogP) is 7.30. The minimum absolute atomic E-state index is 0.193. The first kappa shape index (κ1) is 25.2. The highest BCUT2D eigenvalue weighted by molar-refractivity contribution is 9.10. The van der Waals surface area contributed by atoms with E-state index >= 15 is 0 Å². The molecule has 0 saturated heterocycles. The average molecular weight is 612 g/mol. The summed E-state index contributed by atoms with van der Waals surface area (Å²) in [6.45, 7) is 4.70. The fraction of sp³-hybridized carbons (Fsp3) is 0.400. The molecule has 34 heavy (non-hydrogen) atoms. The first-order valence-corrected chi connectivity index (χ1v) is 13.4. The quantitative estimate of drug-likeness (QED) is 0.263. The zero-order valence-corrected chi connectivity index (χ0v) is 23.0. The van der Waals surface area contributed by atoms with Crippen LogP contribution >= 0.6 is 43.5 Å². The molecular formula is C25H26Br2ClN3O3. The van der Waals surface area contributed by atoms with E-state index in [1.807, 2.05) is 32.0 Å². The Bertz CT molecular complexity index is 1290. The lowest BCUT2D eigenvalue weighted by atomic mass is 9.88. The number of hydrogen-bond acceptors (Lipinski definition) is 5. The van der Waals surface area contributed by atoms with Crippen LogP contribution in [-0.4, -0.2) is 29.1 Å². The summed E-state index contributed by atoms with van der Waals surface area (Å²) in [6, 6.07) is 7.38. The van der Waals surface area contributed by atoms with Crippen molar-refractivity contribution >= 4 is 60.6 Å². The largest absolute Gasteiger partial charge is 0.490 e. The molecule has 0 unspecified atom stereocenters. The fourth-order valence-corrected chi connectivity index (χ4v) is 5.28. The molecule has 6 nitrogen and oxygen atoms in total. The monoisotopic (exact) mass is 609 g/mol. The standard InChI is InChI=1S/C25H26Br2ClN3O3/c1-3-33-20-12-16(21(27)22(28)23(20)34-4-2)14-29-31-24(15-8-6-5-7-9-15)30-19-11-10-17(26)13-18(19)25(31)32/h10-15H,3-9H2,1-2H3. The van der Waals surface area contributed by atoms with Crippen LogP contribution in [-0.2, 0) is 0 Å². The molecule has 1 aliphatic carbocycles. The molecule has 0 spiro atoms. The summed E-state index contributed by atoms with van der Waals surface area (Å²) in [7, 11) is 0. The molecule has 2 aromatic carbocycles. The van der Waals surface area contributed by atoms with E-state index in [2.05, 4.69) is 37.0 Å². The van der Waals surface area contributed by atoms with Gasteiger partial charge in [-0.15, -0.1) is 0 Å². The van der Waals surface area contributed by atoms with Crippen molar-refractivity contribution in [3.63, 3.8) is 0 Å². The van der Waals surface area contributed by atoms with E-state index in [1.54, 1.807) is 12.3 Å². The fourth-order valence-electron chi connectivity index (χ4n) is 4.26. The van der Waals surface area contributed by atoms with Crippen LogP contribution in [0.3, 0.4) is 0 Å². The summed E-state index contributed by atoms with van der Waals surface area (Å²) in [5.41, 5.74) is 1.16. The highest BCUT2D eigenvalue weighted by atomic mass is 79.9. The highest BCUT2D eigenvalue weighted by Gasteiger charge is 2.23. The van der Waals surface area contributed by atoms with Crippen LogP contribution < -0.4 is 15.0 Å². The van der Waals surface area contributed by atoms with Gasteiger partial charge in [-0.25, -0.2) is 4.98 Å². The molecule has 0 radical (unpaired) electrons. The summed E-state index contributed by atoms with van der Waals surface area (Å²) in [5.74, 6) is 1.90. The Morgan fingerprint density at radius 2 is 1.88 bits per heavy atom. The molecule has 1 fully saturated rings. The summed E-state index contributed by atoms with van der Waals surface area (Å²) < 4.78 is 14.3. The van der Waals surface area contributed by atoms with Gasteiger partial charge in [-0.2, -0.15) is 9.78 Å². The lowest BCUT2D eigenvalue weighted by molar-refractivity contribution is 0.287. The average Bonchev–Trinajstić information content (AvgIpc) is 2.84. The van der Waals surface area contributed by atoms with Gasteiger partial charge in [0.25, 0.3) is 5.56 Å². The number of ether oxygens (including phenoxy) is 2. The normalized spacial score (nSPS) is 14.7. The Balaban J connectivity index is 1.86. The third kappa shape index (κ3) is 5.19. The van der Waals surface area contributed by atoms with Crippen LogP contribution in [0, 0.1) is 0 Å². The molecule has 1 aromatic heterocycles. The summed E-state index contributed by atoms with van der Waals surface area (Å²) in [6.07, 6.45) is 7.07. The molecule has 0 aliphatic heterocycles. The highest BCUT2D eigenvalue weighted by Crippen LogP contribution is 2.42. The first-order chi connectivity index (χ1) is 16.4. The minimum atomic E-state index is -0.193. The molecule has 0 atom stereocenters. The molecule has 0 bridgehead atoms. The maximum atomic E-state index is 13.5. The van der Waals surface area contributed by atoms with Crippen LogP contribution in [0.15, 0.2) is 43.1 Å². The molecular weight excluding hydrogens is 586 g/mol. The van der Waals surface area contributed by atoms with Crippen LogP contribution in [0.1, 0.15) is 63.3 Å². The van der Waals surface area contributed by atoms with Gasteiger partial charge in [0, 0.05) is 20.4 Å². The molecule has 1 aliphatic rings. The molecule has 1 saturated carbocycles. The molecule has 9 heteroatoms. The zero-order chi connectivity index (χ0) is 24.2. The van der Waals surface area contributed by atoms with E-state index in [-0.39, 0.29) is 11.5 Å². The number of nitrogens with zero attached hydrogens (tertiary/aromatic N) is 3. The van der Waals surface area contributed by atoms with Gasteiger partial charge < -0.3 is 9.47 Å². The van der Waals surface area contributed by atoms with E-state index in [0.717, 1.165) is 30.2 Å². The summed E-state index contributed by atoms with van der Waals surface area (Å²) in [4.78, 5) is 18.4. The minimum Gasteiger partial charge on any atom is -0.490 e. The van der Waals surface area contributed by atoms with Crippen molar-refractivity contribution in [2.24, 2.45) is 5.10 Å². The SMILES string of the molecule is CCOc1cc(C=Nn2c(C3CCCCC3)nc3ccc(Br)cc3c2=O)c(Br)c(Cl)c1OCC. The zero-order valence-electron chi connectivity index (χ0n) is 19.1. The van der Waals surface area contributed by atoms with Gasteiger partial charge in [0.05, 0.1) is 30.3 Å². The van der Waals surface area contributed by atoms with Gasteiger partial charge in [-0.1, -0.05) is 46.8 Å². The van der Waals surface area contributed by atoms with Crippen molar-refractivity contribution in [1.29, 1.82) is 0 Å². The predicted molar refractivity (Wildman–Crippen MR) is 144 cm³/mol. The van der Waals surface area contributed by atoms with Crippen molar-refractivity contribution in [3.8, 4) is 11.5 Å². The first-order valence-electron chi connectivity index (χ1n) is 11.5. The van der Waals surface area contributed by atoms with Gasteiger partial charge in [0.15, 0.2) is 11.5 Å². The van der Waals surface area contributed by atoms with Gasteiger partial charge in [-0.3, -0.25) is 4.79 Å². The molecule has 0 amide bonds. The topological polar surface area (TPSA) is 65.7 Å². The van der Waals surface area contributed by atoms with Gasteiger partial charge in [0.2, 0.25) is 0 Å². The number of hydrogen-bond donors (Lipinski definition) is 0. The van der Waals surface area contributed by atoms with Gasteiger partial charge >= 0.3 is 0 Å². The lowest BCUT2D eigenvalue weighted by Crippen LogP contribution is -2.25.